The Kier molecular flexibility index (Phi) is 5.67. The van der Waals surface area contributed by atoms with Crippen molar-refractivity contribution in [2.75, 3.05) is 18.1 Å². The van der Waals surface area contributed by atoms with Gasteiger partial charge >= 0.3 is 0 Å². The number of rotatable bonds is 6. The Morgan fingerprint density at radius 3 is 2.80 bits per heavy atom. The highest BCUT2D eigenvalue weighted by molar-refractivity contribution is 7.99. The van der Waals surface area contributed by atoms with Crippen LogP contribution < -0.4 is 5.32 Å². The Morgan fingerprint density at radius 2 is 2.10 bits per heavy atom. The van der Waals surface area contributed by atoms with E-state index >= 15 is 0 Å². The maximum absolute atomic E-state index is 13.2. The fourth-order valence-corrected chi connectivity index (χ4v) is 2.84. The molecule has 0 spiro atoms. The first-order valence-corrected chi connectivity index (χ1v) is 8.35. The average molecular weight is 309 g/mol. The highest BCUT2D eigenvalue weighted by Crippen LogP contribution is 2.29. The molecule has 2 aromatic rings. The van der Waals surface area contributed by atoms with E-state index in [1.165, 1.54) is 35.7 Å². The molecule has 2 rings (SSSR count). The third-order valence-corrected chi connectivity index (χ3v) is 3.89. The molecule has 6 heteroatoms. The van der Waals surface area contributed by atoms with Crippen LogP contribution in [0.2, 0.25) is 0 Å². The Hall–Kier alpha value is -1.27. The molecule has 0 saturated carbocycles. The summed E-state index contributed by atoms with van der Waals surface area (Å²) in [4.78, 5) is 9.67. The number of aromatic nitrogens is 2. The van der Waals surface area contributed by atoms with E-state index in [9.17, 15) is 4.39 Å². The van der Waals surface area contributed by atoms with Gasteiger partial charge in [-0.1, -0.05) is 36.5 Å². The normalized spacial score (nSPS) is 10.6. The van der Waals surface area contributed by atoms with E-state index in [2.05, 4.69) is 22.2 Å². The van der Waals surface area contributed by atoms with E-state index in [4.69, 9.17) is 0 Å². The lowest BCUT2D eigenvalue weighted by molar-refractivity contribution is 0.624. The number of thioether (sulfide) groups is 1. The van der Waals surface area contributed by atoms with Crippen LogP contribution in [0.15, 0.2) is 45.4 Å². The van der Waals surface area contributed by atoms with Gasteiger partial charge in [0.25, 0.3) is 0 Å². The predicted molar refractivity (Wildman–Crippen MR) is 83.1 cm³/mol. The molecule has 0 saturated heterocycles. The topological polar surface area (TPSA) is 37.8 Å². The molecule has 1 aromatic heterocycles. The van der Waals surface area contributed by atoms with E-state index in [1.54, 1.807) is 6.07 Å². The Labute approximate surface area is 126 Å². The summed E-state index contributed by atoms with van der Waals surface area (Å²) in [6.45, 7) is 2.97. The monoisotopic (exact) mass is 309 g/mol. The van der Waals surface area contributed by atoms with Gasteiger partial charge in [-0.2, -0.15) is 0 Å². The van der Waals surface area contributed by atoms with Gasteiger partial charge in [-0.3, -0.25) is 0 Å². The number of hydrogen-bond acceptors (Lipinski definition) is 5. The Balaban J connectivity index is 2.21. The van der Waals surface area contributed by atoms with Crippen molar-refractivity contribution < 1.29 is 4.39 Å². The fourth-order valence-electron chi connectivity index (χ4n) is 1.54. The molecule has 0 aliphatic carbocycles. The van der Waals surface area contributed by atoms with Gasteiger partial charge in [-0.15, -0.1) is 0 Å². The standard InChI is InChI=1S/C14H16FN3S2/c1-3-7-16-12-9-13(18-14(17-12)19-2)20-11-6-4-5-10(15)8-11/h4-6,8-9H,3,7H2,1-2H3,(H,16,17,18). The molecule has 0 radical (unpaired) electrons. The van der Waals surface area contributed by atoms with Crippen molar-refractivity contribution in [2.24, 2.45) is 0 Å². The maximum Gasteiger partial charge on any atom is 0.190 e. The molecule has 0 amide bonds. The van der Waals surface area contributed by atoms with Crippen LogP contribution in [0.25, 0.3) is 0 Å². The van der Waals surface area contributed by atoms with E-state index < -0.39 is 0 Å². The first-order valence-electron chi connectivity index (χ1n) is 6.31. The summed E-state index contributed by atoms with van der Waals surface area (Å²) < 4.78 is 13.2. The highest BCUT2D eigenvalue weighted by atomic mass is 32.2. The van der Waals surface area contributed by atoms with Gasteiger partial charge < -0.3 is 5.32 Å². The molecule has 1 aromatic carbocycles. The zero-order valence-corrected chi connectivity index (χ0v) is 13.0. The average Bonchev–Trinajstić information content (AvgIpc) is 2.45. The number of hydrogen-bond donors (Lipinski definition) is 1. The molecular weight excluding hydrogens is 293 g/mol. The van der Waals surface area contributed by atoms with Crippen LogP contribution >= 0.6 is 23.5 Å². The van der Waals surface area contributed by atoms with Crippen molar-refractivity contribution in [1.82, 2.24) is 9.97 Å². The summed E-state index contributed by atoms with van der Waals surface area (Å²) >= 11 is 2.93. The van der Waals surface area contributed by atoms with E-state index in [0.717, 1.165) is 28.7 Å². The number of nitrogens with one attached hydrogen (secondary N) is 1. The summed E-state index contributed by atoms with van der Waals surface area (Å²) in [5.41, 5.74) is 0. The number of anilines is 1. The second-order valence-electron chi connectivity index (χ2n) is 4.06. The lowest BCUT2D eigenvalue weighted by Crippen LogP contribution is -2.03. The predicted octanol–water partition coefficient (Wildman–Crippen LogP) is 4.31. The Morgan fingerprint density at radius 1 is 1.25 bits per heavy atom. The second-order valence-corrected chi connectivity index (χ2v) is 5.93. The van der Waals surface area contributed by atoms with Crippen molar-refractivity contribution in [1.29, 1.82) is 0 Å². The van der Waals surface area contributed by atoms with Gasteiger partial charge in [0, 0.05) is 17.5 Å². The first-order chi connectivity index (χ1) is 9.71. The summed E-state index contributed by atoms with van der Waals surface area (Å²) in [5, 5.41) is 4.78. The quantitative estimate of drug-likeness (QED) is 0.489. The number of benzene rings is 1. The molecule has 0 aliphatic heterocycles. The zero-order chi connectivity index (χ0) is 14.4. The number of halogens is 1. The SMILES string of the molecule is CCCNc1cc(Sc2cccc(F)c2)nc(SC)n1. The summed E-state index contributed by atoms with van der Waals surface area (Å²) in [7, 11) is 0. The molecular formula is C14H16FN3S2. The Bertz CT molecular complexity index is 578. The maximum atomic E-state index is 13.2. The van der Waals surface area contributed by atoms with Gasteiger partial charge in [0.2, 0.25) is 0 Å². The molecule has 20 heavy (non-hydrogen) atoms. The van der Waals surface area contributed by atoms with Crippen LogP contribution in [0.4, 0.5) is 10.2 Å². The van der Waals surface area contributed by atoms with Gasteiger partial charge in [-0.25, -0.2) is 14.4 Å². The lowest BCUT2D eigenvalue weighted by atomic mass is 10.4. The van der Waals surface area contributed by atoms with E-state index in [-0.39, 0.29) is 5.82 Å². The zero-order valence-electron chi connectivity index (χ0n) is 11.4. The largest absolute Gasteiger partial charge is 0.370 e. The van der Waals surface area contributed by atoms with E-state index in [0.29, 0.717) is 5.16 Å². The highest BCUT2D eigenvalue weighted by Gasteiger charge is 2.06. The molecule has 0 atom stereocenters. The van der Waals surface area contributed by atoms with Crippen molar-refractivity contribution >= 4 is 29.3 Å². The van der Waals surface area contributed by atoms with Gasteiger partial charge in [0.1, 0.15) is 16.7 Å². The first kappa shape index (κ1) is 15.1. The van der Waals surface area contributed by atoms with E-state index in [1.807, 2.05) is 18.4 Å². The van der Waals surface area contributed by atoms with Crippen LogP contribution in [0.1, 0.15) is 13.3 Å². The van der Waals surface area contributed by atoms with Crippen molar-refractivity contribution in [3.05, 3.63) is 36.1 Å². The smallest absolute Gasteiger partial charge is 0.190 e. The minimum Gasteiger partial charge on any atom is -0.370 e. The van der Waals surface area contributed by atoms with Crippen LogP contribution in [-0.2, 0) is 0 Å². The van der Waals surface area contributed by atoms with Crippen molar-refractivity contribution in [3.63, 3.8) is 0 Å². The third kappa shape index (κ3) is 4.38. The molecule has 1 N–H and O–H groups in total. The van der Waals surface area contributed by atoms with Gasteiger partial charge in [-0.05, 0) is 30.9 Å². The summed E-state index contributed by atoms with van der Waals surface area (Å²) in [6, 6.07) is 8.40. The van der Waals surface area contributed by atoms with Crippen LogP contribution in [0, 0.1) is 5.82 Å². The minimum absolute atomic E-state index is 0.238. The molecule has 0 aliphatic rings. The second kappa shape index (κ2) is 7.50. The molecule has 3 nitrogen and oxygen atoms in total. The molecule has 0 bridgehead atoms. The van der Waals surface area contributed by atoms with Crippen molar-refractivity contribution in [3.8, 4) is 0 Å². The van der Waals surface area contributed by atoms with Gasteiger partial charge in [0.05, 0.1) is 0 Å². The van der Waals surface area contributed by atoms with Gasteiger partial charge in [0.15, 0.2) is 5.16 Å². The van der Waals surface area contributed by atoms with Crippen LogP contribution in [-0.4, -0.2) is 22.8 Å². The van der Waals surface area contributed by atoms with Crippen LogP contribution in [0.3, 0.4) is 0 Å². The molecule has 106 valence electrons. The molecule has 0 unspecified atom stereocenters. The fraction of sp³-hybridized carbons (Fsp3) is 0.286. The minimum atomic E-state index is -0.238. The van der Waals surface area contributed by atoms with Crippen molar-refractivity contribution in [2.45, 2.75) is 28.4 Å². The summed E-state index contributed by atoms with van der Waals surface area (Å²) in [5.74, 6) is 0.573. The summed E-state index contributed by atoms with van der Waals surface area (Å²) in [6.07, 6.45) is 2.97. The third-order valence-electron chi connectivity index (χ3n) is 2.44. The molecule has 1 heterocycles. The lowest BCUT2D eigenvalue weighted by Gasteiger charge is -2.08. The number of nitrogens with zero attached hydrogens (tertiary/aromatic N) is 2. The molecule has 0 fully saturated rings. The van der Waals surface area contributed by atoms with Crippen LogP contribution in [0.5, 0.6) is 0 Å².